The van der Waals surface area contributed by atoms with E-state index in [2.05, 4.69) is 49.5 Å². The fraction of sp³-hybridized carbons (Fsp3) is 0.429. The summed E-state index contributed by atoms with van der Waals surface area (Å²) in [4.78, 5) is 0. The van der Waals surface area contributed by atoms with E-state index in [0.29, 0.717) is 0 Å². The second-order valence-electron chi connectivity index (χ2n) is 5.68. The van der Waals surface area contributed by atoms with Crippen LogP contribution in [0.2, 0.25) is 0 Å². The van der Waals surface area contributed by atoms with Crippen molar-refractivity contribution >= 4 is 5.69 Å². The van der Waals surface area contributed by atoms with Crippen molar-refractivity contribution in [2.45, 2.75) is 53.0 Å². The topological polar surface area (TPSA) is 38.0 Å². The predicted molar refractivity (Wildman–Crippen MR) is 103 cm³/mol. The Hall–Kier alpha value is -1.80. The van der Waals surface area contributed by atoms with Crippen LogP contribution in [-0.2, 0) is 6.42 Å². The summed E-state index contributed by atoms with van der Waals surface area (Å²) in [5.74, 6) is 0. The zero-order valence-corrected chi connectivity index (χ0v) is 15.3. The third-order valence-corrected chi connectivity index (χ3v) is 4.03. The van der Waals surface area contributed by atoms with Crippen LogP contribution in [-0.4, -0.2) is 7.05 Å². The quantitative estimate of drug-likeness (QED) is 0.714. The molecule has 3 N–H and O–H groups in total. The number of aryl methyl sites for hydroxylation is 2. The molecule has 0 heterocycles. The Morgan fingerprint density at radius 2 is 1.70 bits per heavy atom. The molecule has 0 saturated carbocycles. The Labute approximate surface area is 142 Å². The highest BCUT2D eigenvalue weighted by atomic mass is 14.9. The molecule has 0 radical (unpaired) electrons. The minimum absolute atomic E-state index is 0.214. The fourth-order valence-electron chi connectivity index (χ4n) is 2.78. The Balaban J connectivity index is 0.00000127. The molecule has 0 spiro atoms. The lowest BCUT2D eigenvalue weighted by Crippen LogP contribution is -2.18. The summed E-state index contributed by atoms with van der Waals surface area (Å²) < 4.78 is 0. The van der Waals surface area contributed by atoms with Crippen LogP contribution in [0.5, 0.6) is 0 Å². The molecule has 126 valence electrons. The Morgan fingerprint density at radius 1 is 1.04 bits per heavy atom. The molecule has 2 aromatic rings. The summed E-state index contributed by atoms with van der Waals surface area (Å²) in [6.07, 6.45) is 3.67. The number of hydrogen-bond acceptors (Lipinski definition) is 2. The van der Waals surface area contributed by atoms with Gasteiger partial charge >= 0.3 is 0 Å². The van der Waals surface area contributed by atoms with Crippen LogP contribution in [0.25, 0.3) is 0 Å². The third-order valence-electron chi connectivity index (χ3n) is 4.03. The van der Waals surface area contributed by atoms with Gasteiger partial charge in [0, 0.05) is 5.69 Å². The Bertz CT molecular complexity index is 573. The lowest BCUT2D eigenvalue weighted by Gasteiger charge is -2.20. The van der Waals surface area contributed by atoms with Crippen LogP contribution in [0.4, 0.5) is 5.69 Å². The molecule has 0 aliphatic rings. The fourth-order valence-corrected chi connectivity index (χ4v) is 2.78. The molecule has 0 fully saturated rings. The molecule has 2 aromatic carbocycles. The molecule has 0 bridgehead atoms. The molecule has 1 atom stereocenters. The SMILES string of the molecule is CC.CCCCc1ccc(C(NC)c2ccc(N)cc2C)cc1. The molecule has 2 rings (SSSR count). The Kier molecular flexibility index (Phi) is 8.42. The normalized spacial score (nSPS) is 11.5. The van der Waals surface area contributed by atoms with Crippen molar-refractivity contribution in [3.8, 4) is 0 Å². The average molecular weight is 313 g/mol. The van der Waals surface area contributed by atoms with Crippen LogP contribution in [0.15, 0.2) is 42.5 Å². The molecule has 0 aliphatic carbocycles. The highest BCUT2D eigenvalue weighted by Crippen LogP contribution is 2.26. The van der Waals surface area contributed by atoms with Crippen molar-refractivity contribution < 1.29 is 0 Å². The largest absolute Gasteiger partial charge is 0.399 e. The molecular weight excluding hydrogens is 280 g/mol. The maximum Gasteiger partial charge on any atom is 0.0576 e. The van der Waals surface area contributed by atoms with Gasteiger partial charge < -0.3 is 11.1 Å². The molecule has 0 aromatic heterocycles. The van der Waals surface area contributed by atoms with E-state index < -0.39 is 0 Å². The first-order valence-corrected chi connectivity index (χ1v) is 8.77. The smallest absolute Gasteiger partial charge is 0.0576 e. The molecule has 1 unspecified atom stereocenters. The molecule has 0 saturated heterocycles. The first-order valence-electron chi connectivity index (χ1n) is 8.77. The number of nitrogen functional groups attached to an aromatic ring is 1. The van der Waals surface area contributed by atoms with Gasteiger partial charge in [-0.1, -0.05) is 57.5 Å². The second-order valence-corrected chi connectivity index (χ2v) is 5.68. The van der Waals surface area contributed by atoms with Gasteiger partial charge in [-0.3, -0.25) is 0 Å². The predicted octanol–water partition coefficient (Wildman–Crippen LogP) is 5.25. The van der Waals surface area contributed by atoms with Crippen LogP contribution < -0.4 is 11.1 Å². The third kappa shape index (κ3) is 5.40. The van der Waals surface area contributed by atoms with Crippen LogP contribution >= 0.6 is 0 Å². The molecule has 0 aliphatic heterocycles. The van der Waals surface area contributed by atoms with Crippen LogP contribution in [0.1, 0.15) is 61.9 Å². The van der Waals surface area contributed by atoms with Gasteiger partial charge in [0.25, 0.3) is 0 Å². The van der Waals surface area contributed by atoms with E-state index >= 15 is 0 Å². The number of hydrogen-bond donors (Lipinski definition) is 2. The van der Waals surface area contributed by atoms with Crippen LogP contribution in [0.3, 0.4) is 0 Å². The van der Waals surface area contributed by atoms with Crippen molar-refractivity contribution in [2.75, 3.05) is 12.8 Å². The van der Waals surface area contributed by atoms with E-state index in [9.17, 15) is 0 Å². The molecule has 2 heteroatoms. The van der Waals surface area contributed by atoms with Crippen molar-refractivity contribution in [3.63, 3.8) is 0 Å². The summed E-state index contributed by atoms with van der Waals surface area (Å²) in [5, 5.41) is 3.42. The summed E-state index contributed by atoms with van der Waals surface area (Å²) in [7, 11) is 2.01. The van der Waals surface area contributed by atoms with E-state index in [-0.39, 0.29) is 6.04 Å². The lowest BCUT2D eigenvalue weighted by atomic mass is 9.93. The maximum absolute atomic E-state index is 5.85. The number of rotatable bonds is 6. The summed E-state index contributed by atoms with van der Waals surface area (Å²) in [5.41, 5.74) is 11.9. The van der Waals surface area contributed by atoms with Crippen molar-refractivity contribution in [1.29, 1.82) is 0 Å². The standard InChI is InChI=1S/C19H26N2.C2H6/c1-4-5-6-15-7-9-16(10-8-15)19(21-3)18-12-11-17(20)13-14(18)2;1-2/h7-13,19,21H,4-6,20H2,1-3H3;1-2H3. The van der Waals surface area contributed by atoms with Crippen molar-refractivity contribution in [3.05, 3.63) is 64.7 Å². The van der Waals surface area contributed by atoms with Gasteiger partial charge in [0.15, 0.2) is 0 Å². The summed E-state index contributed by atoms with van der Waals surface area (Å²) >= 11 is 0. The van der Waals surface area contributed by atoms with Crippen molar-refractivity contribution in [1.82, 2.24) is 5.32 Å². The van der Waals surface area contributed by atoms with E-state index in [1.165, 1.54) is 41.5 Å². The minimum atomic E-state index is 0.214. The molecule has 23 heavy (non-hydrogen) atoms. The molecule has 2 nitrogen and oxygen atoms in total. The summed E-state index contributed by atoms with van der Waals surface area (Å²) in [6.45, 7) is 8.35. The molecule has 0 amide bonds. The first kappa shape index (κ1) is 19.2. The first-order chi connectivity index (χ1) is 11.2. The van der Waals surface area contributed by atoms with Crippen molar-refractivity contribution in [2.24, 2.45) is 0 Å². The second kappa shape index (κ2) is 10.1. The zero-order valence-electron chi connectivity index (χ0n) is 15.3. The van der Waals surface area contributed by atoms with Gasteiger partial charge in [0.1, 0.15) is 0 Å². The van der Waals surface area contributed by atoms with E-state index in [0.717, 1.165) is 5.69 Å². The van der Waals surface area contributed by atoms with Crippen LogP contribution in [0, 0.1) is 6.92 Å². The minimum Gasteiger partial charge on any atom is -0.399 e. The highest BCUT2D eigenvalue weighted by Gasteiger charge is 2.14. The zero-order chi connectivity index (χ0) is 17.2. The molecular formula is C21H32N2. The number of benzene rings is 2. The van der Waals surface area contributed by atoms with Gasteiger partial charge in [-0.15, -0.1) is 0 Å². The van der Waals surface area contributed by atoms with E-state index in [1.54, 1.807) is 0 Å². The van der Waals surface area contributed by atoms with Gasteiger partial charge in [0.2, 0.25) is 0 Å². The number of anilines is 1. The average Bonchev–Trinajstić information content (AvgIpc) is 2.58. The lowest BCUT2D eigenvalue weighted by molar-refractivity contribution is 0.687. The van der Waals surface area contributed by atoms with Gasteiger partial charge in [-0.2, -0.15) is 0 Å². The maximum atomic E-state index is 5.85. The van der Waals surface area contributed by atoms with Gasteiger partial charge in [-0.25, -0.2) is 0 Å². The van der Waals surface area contributed by atoms with E-state index in [1.807, 2.05) is 33.0 Å². The number of nitrogens with two attached hydrogens (primary N) is 1. The monoisotopic (exact) mass is 312 g/mol. The highest BCUT2D eigenvalue weighted by molar-refractivity contribution is 5.47. The number of unbranched alkanes of at least 4 members (excludes halogenated alkanes) is 1. The summed E-state index contributed by atoms with van der Waals surface area (Å²) in [6, 6.07) is 15.3. The number of nitrogens with one attached hydrogen (secondary N) is 1. The van der Waals surface area contributed by atoms with Gasteiger partial charge in [0.05, 0.1) is 6.04 Å². The van der Waals surface area contributed by atoms with Gasteiger partial charge in [-0.05, 0) is 61.2 Å². The Morgan fingerprint density at radius 3 is 2.22 bits per heavy atom. The van der Waals surface area contributed by atoms with E-state index in [4.69, 9.17) is 5.73 Å².